The van der Waals surface area contributed by atoms with Gasteiger partial charge < -0.3 is 15.0 Å². The number of aromatic amines is 1. The van der Waals surface area contributed by atoms with E-state index in [4.69, 9.17) is 0 Å². The number of nitrogens with one attached hydrogen (secondary N) is 1. The molecule has 7 heteroatoms. The number of nitrogens with zero attached hydrogens (tertiary/aromatic N) is 3. The molecule has 2 N–H and O–H groups in total. The Morgan fingerprint density at radius 1 is 1.27 bits per heavy atom. The number of H-pyrrole nitrogens is 1. The van der Waals surface area contributed by atoms with E-state index in [1.165, 1.54) is 0 Å². The second-order valence-corrected chi connectivity index (χ2v) is 7.38. The molecular formula is C19H24N4O3. The Balaban J connectivity index is 1.63. The number of carboxylic acid groups (broad SMARTS) is 1. The van der Waals surface area contributed by atoms with Crippen LogP contribution in [0.25, 0.3) is 10.9 Å². The molecule has 4 rings (SSSR count). The highest BCUT2D eigenvalue weighted by Gasteiger charge is 2.37. The molecule has 3 heterocycles. The van der Waals surface area contributed by atoms with Gasteiger partial charge in [-0.3, -0.25) is 14.6 Å². The van der Waals surface area contributed by atoms with Crippen molar-refractivity contribution in [1.29, 1.82) is 0 Å². The van der Waals surface area contributed by atoms with Crippen LogP contribution in [0.5, 0.6) is 0 Å². The minimum Gasteiger partial charge on any atom is -0.477 e. The van der Waals surface area contributed by atoms with Crippen molar-refractivity contribution in [2.45, 2.75) is 19.5 Å². The molecule has 2 aliphatic rings. The third-order valence-electron chi connectivity index (χ3n) is 5.62. The van der Waals surface area contributed by atoms with Crippen molar-refractivity contribution >= 4 is 22.8 Å². The molecule has 2 fully saturated rings. The number of amides is 1. The first-order valence-electron chi connectivity index (χ1n) is 9.00. The van der Waals surface area contributed by atoms with Crippen LogP contribution in [0, 0.1) is 6.92 Å². The number of likely N-dealkylation sites (N-methyl/N-ethyl adjacent to an activating group) is 1. The fourth-order valence-electron chi connectivity index (χ4n) is 4.10. The van der Waals surface area contributed by atoms with Gasteiger partial charge in [0.25, 0.3) is 0 Å². The molecule has 2 aromatic rings. The van der Waals surface area contributed by atoms with Crippen LogP contribution in [0.3, 0.4) is 0 Å². The lowest BCUT2D eigenvalue weighted by Crippen LogP contribution is -2.63. The molecule has 1 atom stereocenters. The van der Waals surface area contributed by atoms with Crippen molar-refractivity contribution in [3.05, 3.63) is 35.0 Å². The summed E-state index contributed by atoms with van der Waals surface area (Å²) in [5.74, 6) is -0.782. The van der Waals surface area contributed by atoms with Gasteiger partial charge in [-0.25, -0.2) is 4.79 Å². The molecule has 7 nitrogen and oxygen atoms in total. The van der Waals surface area contributed by atoms with Crippen LogP contribution >= 0.6 is 0 Å². The molecule has 0 bridgehead atoms. The number of hydrogen-bond donors (Lipinski definition) is 2. The zero-order valence-corrected chi connectivity index (χ0v) is 15.2. The predicted molar refractivity (Wildman–Crippen MR) is 98.3 cm³/mol. The van der Waals surface area contributed by atoms with Crippen LogP contribution < -0.4 is 0 Å². The summed E-state index contributed by atoms with van der Waals surface area (Å²) in [5, 5.41) is 10.6. The van der Waals surface area contributed by atoms with Gasteiger partial charge in [0, 0.05) is 62.8 Å². The lowest BCUT2D eigenvalue weighted by atomic mass is 10.0. The second-order valence-electron chi connectivity index (χ2n) is 7.38. The molecule has 1 amide bonds. The summed E-state index contributed by atoms with van der Waals surface area (Å²) in [6.45, 7) is 6.55. The van der Waals surface area contributed by atoms with E-state index in [-0.39, 0.29) is 17.6 Å². The lowest BCUT2D eigenvalue weighted by molar-refractivity contribution is -0.143. The van der Waals surface area contributed by atoms with Crippen molar-refractivity contribution in [3.8, 4) is 0 Å². The van der Waals surface area contributed by atoms with E-state index in [9.17, 15) is 14.7 Å². The standard InChI is InChI=1S/C19H24N4O3/c1-12-3-4-15-13(9-12)14(17(20-15)19(25)26)10-22-6-8-23-7-5-21(2)18(24)16(23)11-22/h3-4,9,16,20H,5-8,10-11H2,1-2H3,(H,25,26)/t16-/m1/s1. The fourth-order valence-corrected chi connectivity index (χ4v) is 4.10. The van der Waals surface area contributed by atoms with Crippen molar-refractivity contribution in [3.63, 3.8) is 0 Å². The Kier molecular flexibility index (Phi) is 4.20. The average molecular weight is 356 g/mol. The molecule has 0 saturated carbocycles. The van der Waals surface area contributed by atoms with E-state index in [0.29, 0.717) is 13.1 Å². The third kappa shape index (κ3) is 2.87. The Morgan fingerprint density at radius 2 is 2.04 bits per heavy atom. The first kappa shape index (κ1) is 17.1. The quantitative estimate of drug-likeness (QED) is 0.862. The number of carboxylic acids is 1. The van der Waals surface area contributed by atoms with Gasteiger partial charge in [0.05, 0.1) is 0 Å². The van der Waals surface area contributed by atoms with Crippen LogP contribution in [-0.2, 0) is 11.3 Å². The van der Waals surface area contributed by atoms with E-state index in [0.717, 1.165) is 48.2 Å². The van der Waals surface area contributed by atoms with Crippen LogP contribution in [0.2, 0.25) is 0 Å². The molecular weight excluding hydrogens is 332 g/mol. The minimum atomic E-state index is -0.944. The molecule has 0 radical (unpaired) electrons. The van der Waals surface area contributed by atoms with Crippen molar-refractivity contribution < 1.29 is 14.7 Å². The number of aromatic carboxylic acids is 1. The van der Waals surface area contributed by atoms with E-state index in [1.807, 2.05) is 32.2 Å². The number of benzene rings is 1. The minimum absolute atomic E-state index is 0.122. The fraction of sp³-hybridized carbons (Fsp3) is 0.474. The van der Waals surface area contributed by atoms with Gasteiger partial charge in [-0.15, -0.1) is 0 Å². The Morgan fingerprint density at radius 3 is 2.81 bits per heavy atom. The van der Waals surface area contributed by atoms with Crippen molar-refractivity contribution in [2.24, 2.45) is 0 Å². The first-order chi connectivity index (χ1) is 12.4. The highest BCUT2D eigenvalue weighted by Crippen LogP contribution is 2.27. The van der Waals surface area contributed by atoms with E-state index < -0.39 is 5.97 Å². The molecule has 0 unspecified atom stereocenters. The normalized spacial score (nSPS) is 22.0. The number of piperazine rings is 2. The molecule has 138 valence electrons. The number of aryl methyl sites for hydroxylation is 1. The Hall–Kier alpha value is -2.38. The summed E-state index contributed by atoms with van der Waals surface area (Å²) < 4.78 is 0. The number of carbonyl (C=O) groups excluding carboxylic acids is 1. The van der Waals surface area contributed by atoms with Gasteiger partial charge in [0.1, 0.15) is 11.7 Å². The maximum atomic E-state index is 12.5. The molecule has 1 aromatic heterocycles. The van der Waals surface area contributed by atoms with E-state index in [1.54, 1.807) is 4.90 Å². The molecule has 2 aliphatic heterocycles. The Bertz CT molecular complexity index is 875. The highest BCUT2D eigenvalue weighted by atomic mass is 16.4. The zero-order chi connectivity index (χ0) is 18.4. The smallest absolute Gasteiger partial charge is 0.352 e. The largest absolute Gasteiger partial charge is 0.477 e. The van der Waals surface area contributed by atoms with Crippen LogP contribution in [0.4, 0.5) is 0 Å². The van der Waals surface area contributed by atoms with Gasteiger partial charge in [-0.2, -0.15) is 0 Å². The van der Waals surface area contributed by atoms with Crippen LogP contribution in [-0.4, -0.2) is 82.5 Å². The molecule has 1 aromatic carbocycles. The van der Waals surface area contributed by atoms with Gasteiger partial charge in [0.2, 0.25) is 5.91 Å². The van der Waals surface area contributed by atoms with Crippen LogP contribution in [0.15, 0.2) is 18.2 Å². The third-order valence-corrected chi connectivity index (χ3v) is 5.62. The maximum absolute atomic E-state index is 12.5. The summed E-state index contributed by atoms with van der Waals surface area (Å²) in [4.78, 5) is 33.5. The molecule has 0 aliphatic carbocycles. The van der Waals surface area contributed by atoms with Gasteiger partial charge in [-0.05, 0) is 19.1 Å². The van der Waals surface area contributed by atoms with Gasteiger partial charge in [0.15, 0.2) is 0 Å². The number of rotatable bonds is 3. The SMILES string of the molecule is Cc1ccc2[nH]c(C(=O)O)c(CN3CCN4CCN(C)C(=O)[C@H]4C3)c2c1. The predicted octanol–water partition coefficient (Wildman–Crippen LogP) is 1.13. The molecule has 2 saturated heterocycles. The Labute approximate surface area is 152 Å². The van der Waals surface area contributed by atoms with Crippen LogP contribution in [0.1, 0.15) is 21.6 Å². The maximum Gasteiger partial charge on any atom is 0.352 e. The highest BCUT2D eigenvalue weighted by molar-refractivity contribution is 5.97. The van der Waals surface area contributed by atoms with Gasteiger partial charge in [-0.1, -0.05) is 11.6 Å². The lowest BCUT2D eigenvalue weighted by Gasteiger charge is -2.45. The number of aromatic nitrogens is 1. The molecule has 26 heavy (non-hydrogen) atoms. The first-order valence-corrected chi connectivity index (χ1v) is 9.00. The summed E-state index contributed by atoms with van der Waals surface area (Å²) in [7, 11) is 1.85. The monoisotopic (exact) mass is 356 g/mol. The van der Waals surface area contributed by atoms with Crippen molar-refractivity contribution in [2.75, 3.05) is 39.8 Å². The summed E-state index contributed by atoms with van der Waals surface area (Å²) in [6.07, 6.45) is 0. The second kappa shape index (κ2) is 6.41. The zero-order valence-electron chi connectivity index (χ0n) is 15.2. The molecule has 0 spiro atoms. The number of carbonyl (C=O) groups is 2. The van der Waals surface area contributed by atoms with Gasteiger partial charge >= 0.3 is 5.97 Å². The van der Waals surface area contributed by atoms with E-state index >= 15 is 0 Å². The summed E-state index contributed by atoms with van der Waals surface area (Å²) >= 11 is 0. The number of fused-ring (bicyclic) bond motifs is 2. The topological polar surface area (TPSA) is 79.9 Å². The average Bonchev–Trinajstić information content (AvgIpc) is 2.97. The van der Waals surface area contributed by atoms with Crippen molar-refractivity contribution in [1.82, 2.24) is 19.7 Å². The number of hydrogen-bond acceptors (Lipinski definition) is 4. The summed E-state index contributed by atoms with van der Waals surface area (Å²) in [5.41, 5.74) is 3.00. The summed E-state index contributed by atoms with van der Waals surface area (Å²) in [6, 6.07) is 5.81. The van der Waals surface area contributed by atoms with E-state index in [2.05, 4.69) is 14.8 Å².